The van der Waals surface area contributed by atoms with Crippen LogP contribution in [-0.2, 0) is 27.2 Å². The molecule has 23 heavy (non-hydrogen) atoms. The second kappa shape index (κ2) is 6.76. The predicted molar refractivity (Wildman–Crippen MR) is 84.3 cm³/mol. The summed E-state index contributed by atoms with van der Waals surface area (Å²) in [4.78, 5) is 4.43. The summed E-state index contributed by atoms with van der Waals surface area (Å²) in [6.45, 7) is 2.84. The minimum atomic E-state index is -0.747. The number of rotatable bonds is 6. The second-order valence-electron chi connectivity index (χ2n) is 6.48. The zero-order chi connectivity index (χ0) is 16.4. The molecular weight excluding hydrogens is 297 g/mol. The Hall–Kier alpha value is -1.80. The van der Waals surface area contributed by atoms with E-state index in [1.165, 1.54) is 0 Å². The molecule has 0 unspecified atom stereocenters. The lowest BCUT2D eigenvalue weighted by atomic mass is 10.2. The van der Waals surface area contributed by atoms with Gasteiger partial charge in [-0.05, 0) is 13.5 Å². The van der Waals surface area contributed by atoms with Gasteiger partial charge in [-0.3, -0.25) is 19.2 Å². The molecule has 0 saturated carbocycles. The molecule has 0 N–H and O–H groups in total. The molecule has 0 amide bonds. The molecule has 1 aliphatic rings. The van der Waals surface area contributed by atoms with Crippen LogP contribution in [0.5, 0.6) is 0 Å². The third-order valence-corrected chi connectivity index (χ3v) is 4.38. The molecule has 0 spiro atoms. The van der Waals surface area contributed by atoms with Crippen molar-refractivity contribution in [2.24, 2.45) is 14.1 Å². The fraction of sp³-hybridized carbons (Fsp3) is 0.667. The van der Waals surface area contributed by atoms with Gasteiger partial charge in [-0.2, -0.15) is 5.10 Å². The highest BCUT2D eigenvalue weighted by Gasteiger charge is 2.32. The van der Waals surface area contributed by atoms with Crippen molar-refractivity contribution >= 4 is 0 Å². The van der Waals surface area contributed by atoms with E-state index in [9.17, 15) is 4.39 Å². The maximum atomic E-state index is 13.9. The summed E-state index contributed by atoms with van der Waals surface area (Å²) >= 11 is 0. The summed E-state index contributed by atoms with van der Waals surface area (Å²) in [5.41, 5.74) is 2.19. The zero-order valence-corrected chi connectivity index (χ0v) is 13.9. The molecule has 2 aromatic rings. The van der Waals surface area contributed by atoms with Gasteiger partial charge in [0.05, 0.1) is 18.1 Å². The molecule has 3 rings (SSSR count). The number of hydrogen-bond acceptors (Lipinski definition) is 5. The van der Waals surface area contributed by atoms with Gasteiger partial charge in [0.25, 0.3) is 0 Å². The molecule has 0 aliphatic carbocycles. The van der Waals surface area contributed by atoms with Crippen molar-refractivity contribution in [3.05, 3.63) is 29.8 Å². The minimum absolute atomic E-state index is 0.219. The Labute approximate surface area is 135 Å². The van der Waals surface area contributed by atoms with Crippen LogP contribution >= 0.6 is 0 Å². The van der Waals surface area contributed by atoms with Crippen LogP contribution in [0.2, 0.25) is 0 Å². The van der Waals surface area contributed by atoms with Crippen LogP contribution in [0.3, 0.4) is 0 Å². The van der Waals surface area contributed by atoms with E-state index < -0.39 is 6.17 Å². The number of aromatic nitrogens is 5. The van der Waals surface area contributed by atoms with Gasteiger partial charge >= 0.3 is 0 Å². The average Bonchev–Trinajstić information content (AvgIpc) is 3.15. The minimum Gasteiger partial charge on any atom is -0.299 e. The largest absolute Gasteiger partial charge is 0.299 e. The fourth-order valence-corrected chi connectivity index (χ4v) is 3.25. The van der Waals surface area contributed by atoms with Crippen LogP contribution in [0.25, 0.3) is 0 Å². The van der Waals surface area contributed by atoms with Crippen molar-refractivity contribution in [3.63, 3.8) is 0 Å². The quantitative estimate of drug-likeness (QED) is 0.780. The van der Waals surface area contributed by atoms with E-state index in [0.717, 1.165) is 30.9 Å². The first-order chi connectivity index (χ1) is 11.0. The Kier molecular flexibility index (Phi) is 4.72. The standard InChI is InChI=1S/C15H24FN7/c1-20(11-15-6-17-19-22(15)3)10-14-4-13(16)9-23(14)8-12-5-18-21(2)7-12/h5-7,13-14H,4,8-11H2,1-3H3/t13-,14-/m0/s1. The molecule has 1 aliphatic heterocycles. The van der Waals surface area contributed by atoms with E-state index in [4.69, 9.17) is 0 Å². The van der Waals surface area contributed by atoms with Gasteiger partial charge in [0.1, 0.15) is 6.17 Å². The number of hydrogen-bond donors (Lipinski definition) is 0. The van der Waals surface area contributed by atoms with Gasteiger partial charge in [0.15, 0.2) is 0 Å². The first kappa shape index (κ1) is 16.1. The Bertz CT molecular complexity index is 637. The van der Waals surface area contributed by atoms with Crippen molar-refractivity contribution in [2.45, 2.75) is 31.7 Å². The zero-order valence-electron chi connectivity index (χ0n) is 13.9. The smallest absolute Gasteiger partial charge is 0.114 e. The molecule has 0 bridgehead atoms. The lowest BCUT2D eigenvalue weighted by molar-refractivity contribution is 0.179. The highest BCUT2D eigenvalue weighted by atomic mass is 19.1. The van der Waals surface area contributed by atoms with Crippen molar-refractivity contribution in [2.75, 3.05) is 20.1 Å². The van der Waals surface area contributed by atoms with E-state index in [-0.39, 0.29) is 6.04 Å². The third-order valence-electron chi connectivity index (χ3n) is 4.38. The molecule has 126 valence electrons. The van der Waals surface area contributed by atoms with Crippen LogP contribution in [-0.4, -0.2) is 66.9 Å². The van der Waals surface area contributed by atoms with Crippen LogP contribution in [0.15, 0.2) is 18.6 Å². The van der Waals surface area contributed by atoms with Crippen LogP contribution in [0, 0.1) is 0 Å². The summed E-state index contributed by atoms with van der Waals surface area (Å²) in [5.74, 6) is 0. The normalized spacial score (nSPS) is 22.3. The Morgan fingerprint density at radius 1 is 1.35 bits per heavy atom. The van der Waals surface area contributed by atoms with Crippen molar-refractivity contribution in [3.8, 4) is 0 Å². The van der Waals surface area contributed by atoms with E-state index in [2.05, 4.69) is 32.3 Å². The molecule has 2 atom stereocenters. The van der Waals surface area contributed by atoms with E-state index in [0.29, 0.717) is 13.0 Å². The SMILES string of the molecule is CN(Cc1cnnn1C)C[C@@H]1C[C@H](F)CN1Cc1cnn(C)c1. The Morgan fingerprint density at radius 2 is 2.17 bits per heavy atom. The number of likely N-dealkylation sites (tertiary alicyclic amines) is 1. The van der Waals surface area contributed by atoms with Gasteiger partial charge in [-0.25, -0.2) is 4.39 Å². The Balaban J connectivity index is 1.59. The van der Waals surface area contributed by atoms with Gasteiger partial charge in [0.2, 0.25) is 0 Å². The molecule has 3 heterocycles. The molecule has 1 saturated heterocycles. The Morgan fingerprint density at radius 3 is 2.83 bits per heavy atom. The van der Waals surface area contributed by atoms with Crippen molar-refractivity contribution in [1.29, 1.82) is 0 Å². The van der Waals surface area contributed by atoms with Crippen molar-refractivity contribution in [1.82, 2.24) is 34.6 Å². The van der Waals surface area contributed by atoms with Crippen LogP contribution in [0.4, 0.5) is 4.39 Å². The molecule has 0 radical (unpaired) electrons. The molecule has 2 aromatic heterocycles. The molecule has 1 fully saturated rings. The first-order valence-electron chi connectivity index (χ1n) is 7.89. The summed E-state index contributed by atoms with van der Waals surface area (Å²) < 4.78 is 17.5. The summed E-state index contributed by atoms with van der Waals surface area (Å²) in [6.07, 6.45) is 5.47. The second-order valence-corrected chi connectivity index (χ2v) is 6.48. The number of alkyl halides is 1. The lowest BCUT2D eigenvalue weighted by Crippen LogP contribution is -2.38. The van der Waals surface area contributed by atoms with Crippen LogP contribution < -0.4 is 0 Å². The third kappa shape index (κ3) is 3.94. The maximum Gasteiger partial charge on any atom is 0.114 e. The van der Waals surface area contributed by atoms with Gasteiger partial charge in [-0.15, -0.1) is 5.10 Å². The molecular formula is C15H24FN7. The average molecular weight is 321 g/mol. The van der Waals surface area contributed by atoms with E-state index >= 15 is 0 Å². The first-order valence-corrected chi connectivity index (χ1v) is 7.89. The van der Waals surface area contributed by atoms with Crippen LogP contribution in [0.1, 0.15) is 17.7 Å². The van der Waals surface area contributed by atoms with Crippen molar-refractivity contribution < 1.29 is 4.39 Å². The predicted octanol–water partition coefficient (Wildman–Crippen LogP) is 0.593. The lowest BCUT2D eigenvalue weighted by Gasteiger charge is -2.27. The number of halogens is 1. The fourth-order valence-electron chi connectivity index (χ4n) is 3.25. The summed E-state index contributed by atoms with van der Waals surface area (Å²) in [5, 5.41) is 12.0. The van der Waals surface area contributed by atoms with Gasteiger partial charge < -0.3 is 0 Å². The molecule has 7 nitrogen and oxygen atoms in total. The number of likely N-dealkylation sites (N-methyl/N-ethyl adjacent to an activating group) is 1. The number of nitrogens with zero attached hydrogens (tertiary/aromatic N) is 7. The summed E-state index contributed by atoms with van der Waals surface area (Å²) in [6, 6.07) is 0.219. The monoisotopic (exact) mass is 321 g/mol. The van der Waals surface area contributed by atoms with Gasteiger partial charge in [-0.1, -0.05) is 5.21 Å². The van der Waals surface area contributed by atoms with E-state index in [1.807, 2.05) is 26.5 Å². The highest BCUT2D eigenvalue weighted by Crippen LogP contribution is 2.23. The maximum absolute atomic E-state index is 13.9. The highest BCUT2D eigenvalue weighted by molar-refractivity contribution is 5.05. The number of aryl methyl sites for hydroxylation is 2. The molecule has 0 aromatic carbocycles. The molecule has 8 heteroatoms. The topological polar surface area (TPSA) is 55.0 Å². The summed E-state index contributed by atoms with van der Waals surface area (Å²) in [7, 11) is 5.84. The van der Waals surface area contributed by atoms with Gasteiger partial charge in [0, 0.05) is 58.1 Å². The van der Waals surface area contributed by atoms with E-state index in [1.54, 1.807) is 15.6 Å².